The van der Waals surface area contributed by atoms with Crippen molar-refractivity contribution >= 4 is 40.5 Å². The largest absolute Gasteiger partial charge is 0.376 e. The number of rotatable bonds is 5. The summed E-state index contributed by atoms with van der Waals surface area (Å²) >= 11 is 6.04. The molecule has 0 unspecified atom stereocenters. The lowest BCUT2D eigenvalue weighted by molar-refractivity contribution is -0.116. The number of nitrogens with zero attached hydrogens (tertiary/aromatic N) is 1. The van der Waals surface area contributed by atoms with Gasteiger partial charge in [-0.15, -0.1) is 0 Å². The fourth-order valence-electron chi connectivity index (χ4n) is 2.04. The molecule has 0 fully saturated rings. The average Bonchev–Trinajstić information content (AvgIpc) is 2.56. The van der Waals surface area contributed by atoms with Crippen molar-refractivity contribution in [1.82, 2.24) is 0 Å². The topological polar surface area (TPSA) is 61.4 Å². The molecule has 0 aliphatic heterocycles. The standard InChI is InChI=1S/C18H20ClN3O2/c1-12-4-5-15(10-17(12)19)21-18(24)11-20-14-6-8-16(9-7-14)22(3)13(2)23/h4-10,20H,11H2,1-3H3,(H,21,24). The van der Waals surface area contributed by atoms with Crippen molar-refractivity contribution in [2.24, 2.45) is 0 Å². The van der Waals surface area contributed by atoms with E-state index in [4.69, 9.17) is 11.6 Å². The van der Waals surface area contributed by atoms with Crippen LogP contribution in [-0.4, -0.2) is 25.4 Å². The average molecular weight is 346 g/mol. The number of hydrogen-bond acceptors (Lipinski definition) is 3. The lowest BCUT2D eigenvalue weighted by Crippen LogP contribution is -2.23. The minimum absolute atomic E-state index is 0.0353. The maximum absolute atomic E-state index is 12.0. The zero-order valence-electron chi connectivity index (χ0n) is 13.9. The van der Waals surface area contributed by atoms with E-state index < -0.39 is 0 Å². The zero-order valence-corrected chi connectivity index (χ0v) is 14.6. The Kier molecular flexibility index (Phi) is 5.82. The molecule has 2 N–H and O–H groups in total. The molecule has 0 bridgehead atoms. The molecule has 0 atom stereocenters. The van der Waals surface area contributed by atoms with Gasteiger partial charge in [0.25, 0.3) is 0 Å². The van der Waals surface area contributed by atoms with E-state index in [1.165, 1.54) is 6.92 Å². The summed E-state index contributed by atoms with van der Waals surface area (Å²) < 4.78 is 0. The van der Waals surface area contributed by atoms with Crippen LogP contribution < -0.4 is 15.5 Å². The Hall–Kier alpha value is -2.53. The van der Waals surface area contributed by atoms with Gasteiger partial charge in [-0.25, -0.2) is 0 Å². The summed E-state index contributed by atoms with van der Waals surface area (Å²) in [7, 11) is 1.71. The van der Waals surface area contributed by atoms with Crippen LogP contribution in [0, 0.1) is 6.92 Å². The minimum atomic E-state index is -0.167. The highest BCUT2D eigenvalue weighted by molar-refractivity contribution is 6.31. The number of halogens is 1. The molecular formula is C18H20ClN3O2. The van der Waals surface area contributed by atoms with Gasteiger partial charge in [-0.3, -0.25) is 9.59 Å². The molecule has 0 spiro atoms. The normalized spacial score (nSPS) is 10.2. The number of hydrogen-bond donors (Lipinski definition) is 2. The number of nitrogens with one attached hydrogen (secondary N) is 2. The summed E-state index contributed by atoms with van der Waals surface area (Å²) in [5.74, 6) is -0.202. The third kappa shape index (κ3) is 4.73. The van der Waals surface area contributed by atoms with Crippen molar-refractivity contribution in [2.45, 2.75) is 13.8 Å². The molecule has 0 aliphatic rings. The maximum atomic E-state index is 12.0. The summed E-state index contributed by atoms with van der Waals surface area (Å²) in [5.41, 5.74) is 3.22. The van der Waals surface area contributed by atoms with Gasteiger partial charge < -0.3 is 15.5 Å². The second-order valence-electron chi connectivity index (χ2n) is 5.49. The fraction of sp³-hybridized carbons (Fsp3) is 0.222. The van der Waals surface area contributed by atoms with Crippen molar-refractivity contribution < 1.29 is 9.59 Å². The molecule has 2 aromatic rings. The van der Waals surface area contributed by atoms with Crippen LogP contribution in [0.15, 0.2) is 42.5 Å². The first-order chi connectivity index (χ1) is 11.4. The van der Waals surface area contributed by atoms with Crippen molar-refractivity contribution in [3.05, 3.63) is 53.1 Å². The Bertz CT molecular complexity index is 744. The van der Waals surface area contributed by atoms with E-state index >= 15 is 0 Å². The molecule has 5 nitrogen and oxygen atoms in total. The fourth-order valence-corrected chi connectivity index (χ4v) is 2.22. The Morgan fingerprint density at radius 1 is 1.08 bits per heavy atom. The quantitative estimate of drug-likeness (QED) is 0.869. The molecule has 6 heteroatoms. The van der Waals surface area contributed by atoms with Crippen molar-refractivity contribution in [2.75, 3.05) is 29.1 Å². The van der Waals surface area contributed by atoms with Crippen LogP contribution in [0.2, 0.25) is 5.02 Å². The second-order valence-corrected chi connectivity index (χ2v) is 5.90. The lowest BCUT2D eigenvalue weighted by Gasteiger charge is -2.15. The summed E-state index contributed by atoms with van der Waals surface area (Å²) in [4.78, 5) is 24.8. The van der Waals surface area contributed by atoms with Gasteiger partial charge in [0.2, 0.25) is 11.8 Å². The molecule has 0 aromatic heterocycles. The molecule has 126 valence electrons. The van der Waals surface area contributed by atoms with Gasteiger partial charge in [-0.1, -0.05) is 17.7 Å². The van der Waals surface area contributed by atoms with Gasteiger partial charge >= 0.3 is 0 Å². The van der Waals surface area contributed by atoms with E-state index in [1.54, 1.807) is 18.0 Å². The first-order valence-corrected chi connectivity index (χ1v) is 7.89. The monoisotopic (exact) mass is 345 g/mol. The number of amides is 2. The van der Waals surface area contributed by atoms with Crippen LogP contribution in [-0.2, 0) is 9.59 Å². The predicted octanol–water partition coefficient (Wildman–Crippen LogP) is 3.68. The van der Waals surface area contributed by atoms with Crippen LogP contribution in [0.3, 0.4) is 0 Å². The number of benzene rings is 2. The predicted molar refractivity (Wildman–Crippen MR) is 98.8 cm³/mol. The second kappa shape index (κ2) is 7.84. The molecule has 0 heterocycles. The highest BCUT2D eigenvalue weighted by Crippen LogP contribution is 2.20. The summed E-state index contributed by atoms with van der Waals surface area (Å²) in [6, 6.07) is 12.7. The van der Waals surface area contributed by atoms with Gasteiger partial charge in [0, 0.05) is 36.1 Å². The highest BCUT2D eigenvalue weighted by Gasteiger charge is 2.06. The molecule has 0 saturated heterocycles. The first kappa shape index (κ1) is 17.8. The van der Waals surface area contributed by atoms with Gasteiger partial charge in [-0.05, 0) is 48.9 Å². The summed E-state index contributed by atoms with van der Waals surface area (Å²) in [5, 5.41) is 6.44. The van der Waals surface area contributed by atoms with Gasteiger partial charge in [0.1, 0.15) is 0 Å². The third-order valence-corrected chi connectivity index (χ3v) is 4.04. The van der Waals surface area contributed by atoms with Crippen LogP contribution in [0.4, 0.5) is 17.1 Å². The first-order valence-electron chi connectivity index (χ1n) is 7.51. The molecule has 24 heavy (non-hydrogen) atoms. The van der Waals surface area contributed by atoms with Crippen molar-refractivity contribution in [3.8, 4) is 0 Å². The Balaban J connectivity index is 1.89. The molecule has 0 aliphatic carbocycles. The zero-order chi connectivity index (χ0) is 17.7. The minimum Gasteiger partial charge on any atom is -0.376 e. The Morgan fingerprint density at radius 3 is 2.29 bits per heavy atom. The number of anilines is 3. The van der Waals surface area contributed by atoms with Gasteiger partial charge in [0.05, 0.1) is 6.54 Å². The SMILES string of the molecule is CC(=O)N(C)c1ccc(NCC(=O)Nc2ccc(C)c(Cl)c2)cc1. The van der Waals surface area contributed by atoms with E-state index in [1.807, 2.05) is 43.3 Å². The van der Waals surface area contributed by atoms with Crippen molar-refractivity contribution in [3.63, 3.8) is 0 Å². The molecule has 2 aromatic carbocycles. The Morgan fingerprint density at radius 2 is 1.71 bits per heavy atom. The molecule has 2 rings (SSSR count). The van der Waals surface area contributed by atoms with Gasteiger partial charge in [0.15, 0.2) is 0 Å². The van der Waals surface area contributed by atoms with E-state index in [2.05, 4.69) is 10.6 Å². The van der Waals surface area contributed by atoms with Crippen LogP contribution in [0.1, 0.15) is 12.5 Å². The number of carbonyl (C=O) groups excluding carboxylic acids is 2. The maximum Gasteiger partial charge on any atom is 0.243 e. The number of carbonyl (C=O) groups is 2. The Labute approximate surface area is 146 Å². The molecule has 0 saturated carbocycles. The van der Waals surface area contributed by atoms with E-state index in [0.717, 1.165) is 16.9 Å². The smallest absolute Gasteiger partial charge is 0.243 e. The summed E-state index contributed by atoms with van der Waals surface area (Å²) in [6.07, 6.45) is 0. The van der Waals surface area contributed by atoms with Crippen molar-refractivity contribution in [1.29, 1.82) is 0 Å². The highest BCUT2D eigenvalue weighted by atomic mass is 35.5. The van der Waals surface area contributed by atoms with Crippen LogP contribution >= 0.6 is 11.6 Å². The van der Waals surface area contributed by atoms with Crippen LogP contribution in [0.5, 0.6) is 0 Å². The molecule has 0 radical (unpaired) electrons. The number of aryl methyl sites for hydroxylation is 1. The van der Waals surface area contributed by atoms with Gasteiger partial charge in [-0.2, -0.15) is 0 Å². The van der Waals surface area contributed by atoms with E-state index in [9.17, 15) is 9.59 Å². The molecule has 2 amide bonds. The lowest BCUT2D eigenvalue weighted by atomic mass is 10.2. The third-order valence-electron chi connectivity index (χ3n) is 3.64. The van der Waals surface area contributed by atoms with E-state index in [-0.39, 0.29) is 18.4 Å². The molecular weight excluding hydrogens is 326 g/mol. The summed E-state index contributed by atoms with van der Waals surface area (Å²) in [6.45, 7) is 3.55. The van der Waals surface area contributed by atoms with Crippen LogP contribution in [0.25, 0.3) is 0 Å². The van der Waals surface area contributed by atoms with E-state index in [0.29, 0.717) is 10.7 Å².